The fraction of sp³-hybridized carbons (Fsp3) is 0.412. The highest BCUT2D eigenvalue weighted by molar-refractivity contribution is 7.15. The van der Waals surface area contributed by atoms with Crippen LogP contribution in [-0.2, 0) is 19.5 Å². The van der Waals surface area contributed by atoms with E-state index in [2.05, 4.69) is 28.8 Å². The predicted octanol–water partition coefficient (Wildman–Crippen LogP) is 2.85. The minimum atomic E-state index is 0.00168. The Balaban J connectivity index is 1.61. The number of carbonyl (C=O) groups is 1. The number of aromatic nitrogens is 4. The van der Waals surface area contributed by atoms with Crippen LogP contribution in [0.4, 0.5) is 0 Å². The van der Waals surface area contributed by atoms with Gasteiger partial charge in [-0.05, 0) is 12.8 Å². The van der Waals surface area contributed by atoms with Crippen molar-refractivity contribution in [2.24, 2.45) is 5.92 Å². The van der Waals surface area contributed by atoms with Gasteiger partial charge in [-0.25, -0.2) is 15.0 Å². The molecule has 0 saturated heterocycles. The first-order valence-electron chi connectivity index (χ1n) is 8.08. The van der Waals surface area contributed by atoms with Crippen LogP contribution in [0.3, 0.4) is 0 Å². The molecule has 0 saturated carbocycles. The van der Waals surface area contributed by atoms with Gasteiger partial charge in [0.2, 0.25) is 0 Å². The maximum absolute atomic E-state index is 13.0. The molecule has 4 heterocycles. The fourth-order valence-corrected chi connectivity index (χ4v) is 3.86. The number of nitrogens with zero attached hydrogens (tertiary/aromatic N) is 5. The van der Waals surface area contributed by atoms with Crippen molar-refractivity contribution in [3.63, 3.8) is 0 Å². The van der Waals surface area contributed by atoms with Gasteiger partial charge < -0.3 is 4.90 Å². The van der Waals surface area contributed by atoms with E-state index < -0.39 is 0 Å². The molecule has 3 aromatic rings. The molecule has 0 radical (unpaired) electrons. The maximum atomic E-state index is 13.0. The molecular formula is C17H19N5OS. The first-order chi connectivity index (χ1) is 11.5. The Kier molecular flexibility index (Phi) is 3.60. The monoisotopic (exact) mass is 341 g/mol. The smallest absolute Gasteiger partial charge is 0.273 e. The molecule has 0 N–H and O–H groups in total. The zero-order valence-corrected chi connectivity index (χ0v) is 14.8. The molecular weight excluding hydrogens is 322 g/mol. The lowest BCUT2D eigenvalue weighted by molar-refractivity contribution is 0.0742. The van der Waals surface area contributed by atoms with E-state index in [0.29, 0.717) is 24.7 Å². The van der Waals surface area contributed by atoms with Crippen LogP contribution in [0, 0.1) is 12.8 Å². The summed E-state index contributed by atoms with van der Waals surface area (Å²) in [5, 5.41) is 1.95. The van der Waals surface area contributed by atoms with Crippen LogP contribution in [0.1, 0.15) is 47.1 Å². The Hall–Kier alpha value is -2.28. The van der Waals surface area contributed by atoms with Crippen LogP contribution in [0.15, 0.2) is 17.8 Å². The number of fused-ring (bicyclic) bond motifs is 2. The normalized spacial score (nSPS) is 13.9. The van der Waals surface area contributed by atoms with Gasteiger partial charge in [-0.3, -0.25) is 9.20 Å². The van der Waals surface area contributed by atoms with E-state index in [0.717, 1.165) is 34.2 Å². The number of hydrogen-bond acceptors (Lipinski definition) is 5. The average molecular weight is 341 g/mol. The predicted molar refractivity (Wildman–Crippen MR) is 92.0 cm³/mol. The van der Waals surface area contributed by atoms with Gasteiger partial charge in [-0.15, -0.1) is 11.3 Å². The van der Waals surface area contributed by atoms with E-state index in [1.54, 1.807) is 0 Å². The molecule has 4 rings (SSSR count). The number of hydrogen-bond donors (Lipinski definition) is 0. The lowest BCUT2D eigenvalue weighted by Crippen LogP contribution is -2.27. The van der Waals surface area contributed by atoms with Gasteiger partial charge in [-0.2, -0.15) is 0 Å². The Morgan fingerprint density at radius 1 is 1.33 bits per heavy atom. The van der Waals surface area contributed by atoms with Crippen LogP contribution >= 0.6 is 11.3 Å². The topological polar surface area (TPSA) is 63.4 Å². The van der Waals surface area contributed by atoms with Crippen molar-refractivity contribution in [2.75, 3.05) is 0 Å². The summed E-state index contributed by atoms with van der Waals surface area (Å²) in [6, 6.07) is 0. The summed E-state index contributed by atoms with van der Waals surface area (Å²) in [5.74, 6) is 1.38. The Bertz CT molecular complexity index is 926. The van der Waals surface area contributed by atoms with Crippen molar-refractivity contribution in [3.8, 4) is 0 Å². The molecule has 1 aliphatic rings. The van der Waals surface area contributed by atoms with Crippen LogP contribution in [-0.4, -0.2) is 30.2 Å². The lowest BCUT2D eigenvalue weighted by atomic mass is 10.1. The summed E-state index contributed by atoms with van der Waals surface area (Å²) in [4.78, 5) is 29.2. The molecule has 0 unspecified atom stereocenters. The van der Waals surface area contributed by atoms with E-state index in [9.17, 15) is 4.79 Å². The van der Waals surface area contributed by atoms with Gasteiger partial charge >= 0.3 is 0 Å². The van der Waals surface area contributed by atoms with Gasteiger partial charge in [-0.1, -0.05) is 13.8 Å². The first-order valence-corrected chi connectivity index (χ1v) is 8.96. The molecule has 7 heteroatoms. The number of amides is 1. The highest BCUT2D eigenvalue weighted by Gasteiger charge is 2.29. The highest BCUT2D eigenvalue weighted by atomic mass is 32.1. The molecule has 3 aromatic heterocycles. The van der Waals surface area contributed by atoms with Crippen molar-refractivity contribution in [2.45, 2.75) is 40.3 Å². The van der Waals surface area contributed by atoms with Crippen molar-refractivity contribution in [3.05, 3.63) is 46.2 Å². The highest BCUT2D eigenvalue weighted by Crippen LogP contribution is 2.25. The lowest BCUT2D eigenvalue weighted by Gasteiger charge is -2.14. The Morgan fingerprint density at radius 2 is 2.17 bits per heavy atom. The average Bonchev–Trinajstić information content (AvgIpc) is 3.18. The zero-order chi connectivity index (χ0) is 16.8. The Morgan fingerprint density at radius 3 is 2.96 bits per heavy atom. The quantitative estimate of drug-likeness (QED) is 0.735. The number of aryl methyl sites for hydroxylation is 1. The van der Waals surface area contributed by atoms with Gasteiger partial charge in [0.25, 0.3) is 5.91 Å². The van der Waals surface area contributed by atoms with E-state index in [-0.39, 0.29) is 5.91 Å². The third-order valence-corrected chi connectivity index (χ3v) is 4.98. The second-order valence-electron chi connectivity index (χ2n) is 6.62. The standard InChI is InChI=1S/C17H19N5OS/c1-10(2)6-14-18-7-12-8-21(9-13(12)20-14)16(23)15-11(3)19-17-22(15)4-5-24-17/h4-5,7,10H,6,8-9H2,1-3H3. The first kappa shape index (κ1) is 15.3. The number of carbonyl (C=O) groups excluding carboxylic acids is 1. The fourth-order valence-electron chi connectivity index (χ4n) is 3.10. The summed E-state index contributed by atoms with van der Waals surface area (Å²) >= 11 is 1.54. The largest absolute Gasteiger partial charge is 0.327 e. The molecule has 124 valence electrons. The summed E-state index contributed by atoms with van der Waals surface area (Å²) < 4.78 is 1.88. The molecule has 0 aromatic carbocycles. The van der Waals surface area contributed by atoms with Crippen molar-refractivity contribution in [1.82, 2.24) is 24.3 Å². The second-order valence-corrected chi connectivity index (χ2v) is 7.49. The summed E-state index contributed by atoms with van der Waals surface area (Å²) in [5.41, 5.74) is 3.43. The van der Waals surface area contributed by atoms with Crippen molar-refractivity contribution >= 4 is 22.2 Å². The van der Waals surface area contributed by atoms with Crippen LogP contribution in [0.5, 0.6) is 0 Å². The van der Waals surface area contributed by atoms with Gasteiger partial charge in [0, 0.05) is 36.3 Å². The second kappa shape index (κ2) is 5.66. The molecule has 1 aliphatic heterocycles. The summed E-state index contributed by atoms with van der Waals surface area (Å²) in [6.07, 6.45) is 4.63. The van der Waals surface area contributed by atoms with Crippen LogP contribution < -0.4 is 0 Å². The molecule has 1 amide bonds. The summed E-state index contributed by atoms with van der Waals surface area (Å²) in [7, 11) is 0. The maximum Gasteiger partial charge on any atom is 0.273 e. The molecule has 0 spiro atoms. The number of rotatable bonds is 3. The van der Waals surface area contributed by atoms with Crippen molar-refractivity contribution in [1.29, 1.82) is 0 Å². The minimum Gasteiger partial charge on any atom is -0.327 e. The SMILES string of the molecule is Cc1nc2sccn2c1C(=O)N1Cc2cnc(CC(C)C)nc2C1. The molecule has 0 atom stereocenters. The van der Waals surface area contributed by atoms with Gasteiger partial charge in [0.05, 0.1) is 17.9 Å². The van der Waals surface area contributed by atoms with E-state index in [4.69, 9.17) is 0 Å². The molecule has 6 nitrogen and oxygen atoms in total. The molecule has 24 heavy (non-hydrogen) atoms. The van der Waals surface area contributed by atoms with Gasteiger partial charge in [0.15, 0.2) is 4.96 Å². The third-order valence-electron chi connectivity index (χ3n) is 4.22. The van der Waals surface area contributed by atoms with E-state index in [1.807, 2.05) is 34.0 Å². The van der Waals surface area contributed by atoms with E-state index >= 15 is 0 Å². The van der Waals surface area contributed by atoms with Crippen LogP contribution in [0.2, 0.25) is 0 Å². The Labute approximate surface area is 144 Å². The van der Waals surface area contributed by atoms with Gasteiger partial charge in [0.1, 0.15) is 11.5 Å². The van der Waals surface area contributed by atoms with E-state index in [1.165, 1.54) is 11.3 Å². The molecule has 0 bridgehead atoms. The zero-order valence-electron chi connectivity index (χ0n) is 14.0. The number of imidazole rings is 1. The minimum absolute atomic E-state index is 0.00168. The van der Waals surface area contributed by atoms with Crippen LogP contribution in [0.25, 0.3) is 4.96 Å². The molecule has 0 aliphatic carbocycles. The summed E-state index contributed by atoms with van der Waals surface area (Å²) in [6.45, 7) is 7.30. The molecule has 0 fully saturated rings. The number of thiazole rings is 1. The van der Waals surface area contributed by atoms with Crippen molar-refractivity contribution < 1.29 is 4.79 Å². The third kappa shape index (κ3) is 2.49.